The second-order valence-electron chi connectivity index (χ2n) is 5.02. The first-order chi connectivity index (χ1) is 9.38. The van der Waals surface area contributed by atoms with Crippen LogP contribution in [0.25, 0.3) is 0 Å². The van der Waals surface area contributed by atoms with Gasteiger partial charge in [0.05, 0.1) is 12.2 Å². The summed E-state index contributed by atoms with van der Waals surface area (Å²) in [6.07, 6.45) is 1.80. The Morgan fingerprint density at radius 3 is 2.60 bits per heavy atom. The molecule has 0 bridgehead atoms. The summed E-state index contributed by atoms with van der Waals surface area (Å²) in [5, 5.41) is 7.21. The number of nitrogens with zero attached hydrogens (tertiary/aromatic N) is 2. The summed E-state index contributed by atoms with van der Waals surface area (Å²) in [4.78, 5) is 12.3. The zero-order chi connectivity index (χ0) is 14.9. The maximum absolute atomic E-state index is 12.3. The molecule has 1 aromatic heterocycles. The Labute approximate surface area is 127 Å². The number of carbonyl (C=O) groups excluding carboxylic acids is 1. The summed E-state index contributed by atoms with van der Waals surface area (Å²) in [5.74, 6) is -0.0786. The van der Waals surface area contributed by atoms with Gasteiger partial charge in [0.25, 0.3) is 5.91 Å². The van der Waals surface area contributed by atoms with E-state index in [1.807, 2.05) is 46.0 Å². The Bertz CT molecular complexity index is 628. The summed E-state index contributed by atoms with van der Waals surface area (Å²) in [6.45, 7) is 5.93. The van der Waals surface area contributed by atoms with Crippen molar-refractivity contribution in [2.24, 2.45) is 7.05 Å². The maximum Gasteiger partial charge on any atom is 0.251 e. The van der Waals surface area contributed by atoms with E-state index >= 15 is 0 Å². The van der Waals surface area contributed by atoms with E-state index in [2.05, 4.69) is 26.3 Å². The van der Waals surface area contributed by atoms with Gasteiger partial charge in [0.15, 0.2) is 0 Å². The first-order valence-corrected chi connectivity index (χ1v) is 7.24. The quantitative estimate of drug-likeness (QED) is 0.935. The molecule has 1 amide bonds. The fraction of sp³-hybridized carbons (Fsp3) is 0.333. The number of amides is 1. The van der Waals surface area contributed by atoms with Crippen LogP contribution in [0.1, 0.15) is 40.1 Å². The molecule has 0 saturated heterocycles. The van der Waals surface area contributed by atoms with Crippen molar-refractivity contribution >= 4 is 21.8 Å². The molecule has 1 atom stereocenters. The van der Waals surface area contributed by atoms with Crippen molar-refractivity contribution in [1.29, 1.82) is 0 Å². The van der Waals surface area contributed by atoms with Crippen LogP contribution in [-0.4, -0.2) is 15.7 Å². The third-order valence-electron chi connectivity index (χ3n) is 3.39. The lowest BCUT2D eigenvalue weighted by molar-refractivity contribution is 0.0939. The van der Waals surface area contributed by atoms with Crippen molar-refractivity contribution in [3.05, 3.63) is 51.3 Å². The summed E-state index contributed by atoms with van der Waals surface area (Å²) in [7, 11) is 1.89. The van der Waals surface area contributed by atoms with Gasteiger partial charge in [0.2, 0.25) is 0 Å². The molecule has 0 saturated carbocycles. The van der Waals surface area contributed by atoms with Crippen molar-refractivity contribution < 1.29 is 4.79 Å². The highest BCUT2D eigenvalue weighted by Gasteiger charge is 2.16. The summed E-state index contributed by atoms with van der Waals surface area (Å²) >= 11 is 3.41. The highest BCUT2D eigenvalue weighted by Crippen LogP contribution is 2.19. The van der Waals surface area contributed by atoms with Crippen molar-refractivity contribution in [2.45, 2.75) is 26.8 Å². The highest BCUT2D eigenvalue weighted by atomic mass is 79.9. The van der Waals surface area contributed by atoms with Gasteiger partial charge in [-0.2, -0.15) is 5.10 Å². The molecule has 106 valence electrons. The number of halogens is 1. The third kappa shape index (κ3) is 3.10. The predicted octanol–water partition coefficient (Wildman–Crippen LogP) is 3.29. The normalized spacial score (nSPS) is 12.2. The van der Waals surface area contributed by atoms with Gasteiger partial charge in [0.1, 0.15) is 0 Å². The van der Waals surface area contributed by atoms with E-state index in [9.17, 15) is 4.79 Å². The monoisotopic (exact) mass is 335 g/mol. The molecular formula is C15H18BrN3O. The summed E-state index contributed by atoms with van der Waals surface area (Å²) in [5.41, 5.74) is 3.80. The van der Waals surface area contributed by atoms with E-state index in [-0.39, 0.29) is 11.9 Å². The summed E-state index contributed by atoms with van der Waals surface area (Å²) < 4.78 is 2.72. The molecule has 0 spiro atoms. The number of aryl methyl sites for hydroxylation is 2. The molecule has 0 fully saturated rings. The van der Waals surface area contributed by atoms with Crippen LogP contribution in [0.15, 0.2) is 28.9 Å². The topological polar surface area (TPSA) is 46.9 Å². The van der Waals surface area contributed by atoms with Crippen LogP contribution >= 0.6 is 15.9 Å². The molecule has 1 aromatic carbocycles. The second kappa shape index (κ2) is 5.79. The Kier molecular flexibility index (Phi) is 4.28. The standard InChI is InChI=1S/C15H18BrN3O/c1-9-5-12(7-13(16)6-9)15(20)18-10(2)14-8-17-19(4)11(14)3/h5-8,10H,1-4H3,(H,18,20). The lowest BCUT2D eigenvalue weighted by atomic mass is 10.1. The molecule has 0 aliphatic carbocycles. The zero-order valence-corrected chi connectivity index (χ0v) is 13.7. The lowest BCUT2D eigenvalue weighted by Gasteiger charge is -2.14. The van der Waals surface area contributed by atoms with Crippen LogP contribution in [0.4, 0.5) is 0 Å². The number of rotatable bonds is 3. The van der Waals surface area contributed by atoms with E-state index in [0.29, 0.717) is 5.56 Å². The van der Waals surface area contributed by atoms with Crippen LogP contribution in [0.2, 0.25) is 0 Å². The minimum Gasteiger partial charge on any atom is -0.345 e. The number of carbonyl (C=O) groups is 1. The second-order valence-corrected chi connectivity index (χ2v) is 5.94. The van der Waals surface area contributed by atoms with Crippen molar-refractivity contribution in [2.75, 3.05) is 0 Å². The third-order valence-corrected chi connectivity index (χ3v) is 3.85. The van der Waals surface area contributed by atoms with E-state index in [1.165, 1.54) is 0 Å². The Hall–Kier alpha value is -1.62. The van der Waals surface area contributed by atoms with E-state index in [4.69, 9.17) is 0 Å². The fourth-order valence-corrected chi connectivity index (χ4v) is 2.77. The maximum atomic E-state index is 12.3. The number of aromatic nitrogens is 2. The molecule has 2 aromatic rings. The molecular weight excluding hydrogens is 318 g/mol. The molecule has 20 heavy (non-hydrogen) atoms. The first-order valence-electron chi connectivity index (χ1n) is 6.45. The fourth-order valence-electron chi connectivity index (χ4n) is 2.17. The molecule has 4 nitrogen and oxygen atoms in total. The van der Waals surface area contributed by atoms with Gasteiger partial charge in [-0.15, -0.1) is 0 Å². The van der Waals surface area contributed by atoms with Gasteiger partial charge in [0, 0.05) is 28.3 Å². The first kappa shape index (κ1) is 14.8. The molecule has 2 rings (SSSR count). The Morgan fingerprint density at radius 2 is 2.05 bits per heavy atom. The zero-order valence-electron chi connectivity index (χ0n) is 12.1. The number of hydrogen-bond donors (Lipinski definition) is 1. The van der Waals surface area contributed by atoms with Crippen LogP contribution in [0, 0.1) is 13.8 Å². The minimum absolute atomic E-state index is 0.0736. The van der Waals surface area contributed by atoms with Crippen molar-refractivity contribution in [3.8, 4) is 0 Å². The average molecular weight is 336 g/mol. The largest absolute Gasteiger partial charge is 0.345 e. The molecule has 0 aliphatic heterocycles. The van der Waals surface area contributed by atoms with Gasteiger partial charge in [-0.3, -0.25) is 9.48 Å². The average Bonchev–Trinajstić information content (AvgIpc) is 2.68. The van der Waals surface area contributed by atoms with Crippen LogP contribution in [0.3, 0.4) is 0 Å². The number of benzene rings is 1. The summed E-state index contributed by atoms with van der Waals surface area (Å²) in [6, 6.07) is 5.61. The smallest absolute Gasteiger partial charge is 0.251 e. The number of nitrogens with one attached hydrogen (secondary N) is 1. The van der Waals surface area contributed by atoms with E-state index in [1.54, 1.807) is 10.9 Å². The van der Waals surface area contributed by atoms with Crippen LogP contribution < -0.4 is 5.32 Å². The SMILES string of the molecule is Cc1cc(Br)cc(C(=O)NC(C)c2cnn(C)c2C)c1. The lowest BCUT2D eigenvalue weighted by Crippen LogP contribution is -2.27. The van der Waals surface area contributed by atoms with Gasteiger partial charge < -0.3 is 5.32 Å². The van der Waals surface area contributed by atoms with Crippen molar-refractivity contribution in [3.63, 3.8) is 0 Å². The molecule has 1 N–H and O–H groups in total. The Morgan fingerprint density at radius 1 is 1.35 bits per heavy atom. The van der Waals surface area contributed by atoms with Gasteiger partial charge >= 0.3 is 0 Å². The number of hydrogen-bond acceptors (Lipinski definition) is 2. The van der Waals surface area contributed by atoms with Gasteiger partial charge in [-0.05, 0) is 44.5 Å². The molecule has 0 aliphatic rings. The highest BCUT2D eigenvalue weighted by molar-refractivity contribution is 9.10. The molecule has 0 radical (unpaired) electrons. The van der Waals surface area contributed by atoms with E-state index in [0.717, 1.165) is 21.3 Å². The van der Waals surface area contributed by atoms with Crippen molar-refractivity contribution in [1.82, 2.24) is 15.1 Å². The molecule has 1 heterocycles. The van der Waals surface area contributed by atoms with Gasteiger partial charge in [-0.25, -0.2) is 0 Å². The Balaban J connectivity index is 2.17. The van der Waals surface area contributed by atoms with Crippen LogP contribution in [0.5, 0.6) is 0 Å². The van der Waals surface area contributed by atoms with E-state index < -0.39 is 0 Å². The molecule has 5 heteroatoms. The molecule has 1 unspecified atom stereocenters. The van der Waals surface area contributed by atoms with Crippen LogP contribution in [-0.2, 0) is 7.05 Å². The van der Waals surface area contributed by atoms with Gasteiger partial charge in [-0.1, -0.05) is 15.9 Å². The predicted molar refractivity (Wildman–Crippen MR) is 82.7 cm³/mol. The minimum atomic E-state index is -0.0786.